The molecule has 5 rings (SSSR count). The highest BCUT2D eigenvalue weighted by Gasteiger charge is 2.14. The molecule has 20 heteroatoms. The Balaban J connectivity index is 1.29. The van der Waals surface area contributed by atoms with E-state index in [1.807, 2.05) is 0 Å². The van der Waals surface area contributed by atoms with Gasteiger partial charge in [-0.15, -0.1) is 0 Å². The van der Waals surface area contributed by atoms with E-state index in [1.165, 1.54) is 56.7 Å². The zero-order valence-electron chi connectivity index (χ0n) is 25.4. The van der Waals surface area contributed by atoms with Crippen molar-refractivity contribution in [2.75, 3.05) is 35.7 Å². The van der Waals surface area contributed by atoms with Gasteiger partial charge in [0.05, 0.1) is 58.1 Å². The van der Waals surface area contributed by atoms with Crippen molar-refractivity contribution in [1.29, 1.82) is 0 Å². The highest BCUT2D eigenvalue weighted by Crippen LogP contribution is 2.34. The van der Waals surface area contributed by atoms with Gasteiger partial charge in [-0.3, -0.25) is 9.11 Å². The van der Waals surface area contributed by atoms with Gasteiger partial charge >= 0.3 is 6.01 Å². The Labute approximate surface area is 279 Å². The third-order valence-electron chi connectivity index (χ3n) is 6.38. The number of aromatic hydroxyl groups is 1. The number of nitrogens with one attached hydrogen (secondary N) is 4. The maximum Gasteiger partial charge on any atom is 0.320 e. The van der Waals surface area contributed by atoms with Gasteiger partial charge in [0.1, 0.15) is 11.5 Å². The molecule has 0 bridgehead atoms. The fourth-order valence-electron chi connectivity index (χ4n) is 4.14. The van der Waals surface area contributed by atoms with Crippen molar-refractivity contribution in [3.05, 3.63) is 84.9 Å². The van der Waals surface area contributed by atoms with Gasteiger partial charge in [-0.2, -0.15) is 42.0 Å². The van der Waals surface area contributed by atoms with E-state index in [1.54, 1.807) is 42.5 Å². The van der Waals surface area contributed by atoms with E-state index in [9.17, 15) is 31.0 Å². The summed E-state index contributed by atoms with van der Waals surface area (Å²) in [5.41, 5.74) is 8.02. The Bertz CT molecular complexity index is 2250. The minimum absolute atomic E-state index is 0.0364. The summed E-state index contributed by atoms with van der Waals surface area (Å²) in [4.78, 5) is 11.6. The highest BCUT2D eigenvalue weighted by atomic mass is 32.2. The van der Waals surface area contributed by atoms with Gasteiger partial charge in [0.25, 0.3) is 20.2 Å². The van der Waals surface area contributed by atoms with Crippen LogP contribution in [0.3, 0.4) is 0 Å². The Morgan fingerprint density at radius 2 is 1.12 bits per heavy atom. The SMILES string of the molecule is COc1cc(/N=N/c2cccc(S(=O)(=O)O)c2)ccc1Nc1nc(O)nc(Nc2ccc(NNc3cccc(S(=O)(=O)O)c3)cc2OC)n1. The minimum atomic E-state index is -4.40. The number of methoxy groups -OCH3 is 2. The molecule has 7 N–H and O–H groups in total. The molecule has 5 aromatic rings. The second-order valence-electron chi connectivity index (χ2n) is 9.76. The van der Waals surface area contributed by atoms with Crippen LogP contribution in [0.1, 0.15) is 0 Å². The van der Waals surface area contributed by atoms with Crippen LogP contribution in [0.15, 0.2) is 105 Å². The van der Waals surface area contributed by atoms with Gasteiger partial charge in [0, 0.05) is 12.1 Å². The molecule has 0 atom stereocenters. The molecule has 0 spiro atoms. The van der Waals surface area contributed by atoms with Crippen LogP contribution in [-0.2, 0) is 20.2 Å². The first-order valence-electron chi connectivity index (χ1n) is 13.7. The third kappa shape index (κ3) is 9.04. The van der Waals surface area contributed by atoms with E-state index < -0.39 is 26.2 Å². The van der Waals surface area contributed by atoms with Crippen molar-refractivity contribution in [3.8, 4) is 17.5 Å². The molecule has 1 heterocycles. The van der Waals surface area contributed by atoms with E-state index in [0.29, 0.717) is 39.9 Å². The Morgan fingerprint density at radius 3 is 1.71 bits per heavy atom. The van der Waals surface area contributed by atoms with Gasteiger partial charge < -0.3 is 36.1 Å². The molecule has 0 aliphatic rings. The fraction of sp³-hybridized carbons (Fsp3) is 0.0690. The molecule has 0 saturated heterocycles. The number of ether oxygens (including phenoxy) is 2. The van der Waals surface area contributed by atoms with Crippen molar-refractivity contribution in [2.45, 2.75) is 9.79 Å². The predicted octanol–water partition coefficient (Wildman–Crippen LogP) is 5.43. The van der Waals surface area contributed by atoms with Crippen LogP contribution >= 0.6 is 0 Å². The van der Waals surface area contributed by atoms with E-state index in [4.69, 9.17) is 9.47 Å². The van der Waals surface area contributed by atoms with E-state index in [-0.39, 0.29) is 27.4 Å². The molecule has 0 aliphatic carbocycles. The second kappa shape index (κ2) is 14.4. The number of hydrazine groups is 1. The third-order valence-corrected chi connectivity index (χ3v) is 8.08. The van der Waals surface area contributed by atoms with Crippen molar-refractivity contribution >= 4 is 66.3 Å². The first kappa shape index (κ1) is 34.3. The first-order chi connectivity index (χ1) is 23.3. The number of hydrogen-bond acceptors (Lipinski definition) is 16. The molecular formula is C29H27N9O9S2. The number of nitrogens with zero attached hydrogens (tertiary/aromatic N) is 5. The monoisotopic (exact) mass is 709 g/mol. The van der Waals surface area contributed by atoms with Crippen LogP contribution in [-0.4, -0.2) is 60.2 Å². The normalized spacial score (nSPS) is 11.6. The number of azo groups is 1. The lowest BCUT2D eigenvalue weighted by Crippen LogP contribution is -2.10. The lowest BCUT2D eigenvalue weighted by Gasteiger charge is -2.15. The molecular weight excluding hydrogens is 683 g/mol. The fourth-order valence-corrected chi connectivity index (χ4v) is 5.18. The Hall–Kier alpha value is -6.09. The zero-order chi connectivity index (χ0) is 35.2. The first-order valence-corrected chi connectivity index (χ1v) is 16.6. The summed E-state index contributed by atoms with van der Waals surface area (Å²) in [5, 5.41) is 24.2. The molecule has 49 heavy (non-hydrogen) atoms. The lowest BCUT2D eigenvalue weighted by molar-refractivity contribution is 0.416. The van der Waals surface area contributed by atoms with E-state index >= 15 is 0 Å². The van der Waals surface area contributed by atoms with Crippen LogP contribution in [0.2, 0.25) is 0 Å². The van der Waals surface area contributed by atoms with Crippen molar-refractivity contribution in [1.82, 2.24) is 15.0 Å². The van der Waals surface area contributed by atoms with Crippen LogP contribution in [0.5, 0.6) is 17.5 Å². The van der Waals surface area contributed by atoms with Crippen LogP contribution in [0, 0.1) is 0 Å². The molecule has 0 amide bonds. The number of benzene rings is 4. The Kier molecular flexibility index (Phi) is 10.0. The van der Waals surface area contributed by atoms with E-state index in [2.05, 4.69) is 46.7 Å². The van der Waals surface area contributed by atoms with Crippen molar-refractivity contribution < 1.29 is 40.5 Å². The summed E-state index contributed by atoms with van der Waals surface area (Å²) in [5.74, 6) is 0.577. The number of anilines is 6. The van der Waals surface area contributed by atoms with Crippen molar-refractivity contribution in [2.24, 2.45) is 10.2 Å². The van der Waals surface area contributed by atoms with Crippen LogP contribution in [0.4, 0.5) is 46.0 Å². The molecule has 18 nitrogen and oxygen atoms in total. The van der Waals surface area contributed by atoms with Gasteiger partial charge in [0.15, 0.2) is 0 Å². The smallest absolute Gasteiger partial charge is 0.320 e. The topological polar surface area (TPSA) is 259 Å². The molecule has 0 fully saturated rings. The zero-order valence-corrected chi connectivity index (χ0v) is 27.1. The molecule has 0 aliphatic heterocycles. The summed E-state index contributed by atoms with van der Waals surface area (Å²) >= 11 is 0. The van der Waals surface area contributed by atoms with E-state index in [0.717, 1.165) is 0 Å². The summed E-state index contributed by atoms with van der Waals surface area (Å²) in [6.45, 7) is 0. The average Bonchev–Trinajstić information content (AvgIpc) is 3.06. The second-order valence-corrected chi connectivity index (χ2v) is 12.6. The summed E-state index contributed by atoms with van der Waals surface area (Å²) < 4.78 is 75.1. The van der Waals surface area contributed by atoms with Crippen molar-refractivity contribution in [3.63, 3.8) is 0 Å². The van der Waals surface area contributed by atoms with Gasteiger partial charge in [0.2, 0.25) is 11.9 Å². The molecule has 4 aromatic carbocycles. The molecule has 0 radical (unpaired) electrons. The largest absolute Gasteiger partial charge is 0.494 e. The predicted molar refractivity (Wildman–Crippen MR) is 178 cm³/mol. The molecule has 254 valence electrons. The maximum absolute atomic E-state index is 11.4. The highest BCUT2D eigenvalue weighted by molar-refractivity contribution is 7.86. The van der Waals surface area contributed by atoms with Gasteiger partial charge in [-0.25, -0.2) is 0 Å². The summed E-state index contributed by atoms with van der Waals surface area (Å²) in [7, 11) is -5.90. The standard InChI is InChI=1S/C29H27N9O9S2/c1-46-25-15-19(37-35-17-5-3-7-21(13-17)48(40,41)42)9-11-23(25)30-27-32-28(34-29(39)33-27)31-24-12-10-20(16-26(24)47-2)38-36-18-6-4-8-22(14-18)49(43,44)45/h3-16,35,37H,1-2H3,(H,40,41,42)(H,43,44,45)(H3,30,31,32,33,34,39)/b38-36+. The molecule has 0 saturated carbocycles. The van der Waals surface area contributed by atoms with Gasteiger partial charge in [-0.1, -0.05) is 12.1 Å². The molecule has 1 aromatic heterocycles. The van der Waals surface area contributed by atoms with Gasteiger partial charge in [-0.05, 0) is 60.7 Å². The van der Waals surface area contributed by atoms with Crippen LogP contribution in [0.25, 0.3) is 0 Å². The number of hydrogen-bond donors (Lipinski definition) is 7. The lowest BCUT2D eigenvalue weighted by atomic mass is 10.2. The number of aromatic nitrogens is 3. The molecule has 0 unspecified atom stereocenters. The Morgan fingerprint density at radius 1 is 0.612 bits per heavy atom. The minimum Gasteiger partial charge on any atom is -0.494 e. The number of rotatable bonds is 13. The summed E-state index contributed by atoms with van der Waals surface area (Å²) in [6, 6.07) is 20.0. The summed E-state index contributed by atoms with van der Waals surface area (Å²) in [6.07, 6.45) is 0. The maximum atomic E-state index is 11.4. The average molecular weight is 710 g/mol. The van der Waals surface area contributed by atoms with Crippen LogP contribution < -0.4 is 31.0 Å². The quantitative estimate of drug-likeness (QED) is 0.0457.